The van der Waals surface area contributed by atoms with Gasteiger partial charge in [-0.15, -0.1) is 0 Å². The van der Waals surface area contributed by atoms with Gasteiger partial charge in [0.2, 0.25) is 0 Å². The van der Waals surface area contributed by atoms with E-state index in [1.54, 1.807) is 24.3 Å². The van der Waals surface area contributed by atoms with Gasteiger partial charge in [0.05, 0.1) is 0 Å². The molecular formula is C13H13FN2. The Labute approximate surface area is 93.7 Å². The highest BCUT2D eigenvalue weighted by molar-refractivity contribution is 5.71. The lowest BCUT2D eigenvalue weighted by atomic mass is 9.99. The minimum absolute atomic E-state index is 0.523. The predicted molar refractivity (Wildman–Crippen MR) is 65.5 cm³/mol. The van der Waals surface area contributed by atoms with Crippen molar-refractivity contribution in [2.24, 2.45) is 0 Å². The van der Waals surface area contributed by atoms with Crippen molar-refractivity contribution < 1.29 is 4.39 Å². The van der Waals surface area contributed by atoms with Gasteiger partial charge in [-0.1, -0.05) is 18.2 Å². The maximum Gasteiger partial charge on any atom is 0.115 e. The van der Waals surface area contributed by atoms with E-state index in [4.69, 9.17) is 11.5 Å². The molecule has 4 N–H and O–H groups in total. The fraction of sp³-hybridized carbons (Fsp3) is 0.0769. The number of alkyl halides is 1. The van der Waals surface area contributed by atoms with Crippen molar-refractivity contribution in [3.63, 3.8) is 0 Å². The molecule has 0 aromatic heterocycles. The van der Waals surface area contributed by atoms with Crippen molar-refractivity contribution >= 4 is 11.4 Å². The largest absolute Gasteiger partial charge is 0.399 e. The Hall–Kier alpha value is -2.03. The Balaban J connectivity index is 2.51. The first-order chi connectivity index (χ1) is 7.70. The van der Waals surface area contributed by atoms with E-state index in [1.807, 2.05) is 18.2 Å². The van der Waals surface area contributed by atoms with Crippen LogP contribution < -0.4 is 11.5 Å². The molecule has 0 fully saturated rings. The Bertz CT molecular complexity index is 492. The minimum Gasteiger partial charge on any atom is -0.399 e. The number of nitrogens with two attached hydrogens (primary N) is 2. The van der Waals surface area contributed by atoms with Gasteiger partial charge in [0.15, 0.2) is 0 Å². The van der Waals surface area contributed by atoms with E-state index < -0.39 is 6.67 Å². The maximum absolute atomic E-state index is 12.9. The predicted octanol–water partition coefficient (Wildman–Crippen LogP) is 2.99. The van der Waals surface area contributed by atoms with Crippen LogP contribution in [0.2, 0.25) is 0 Å². The van der Waals surface area contributed by atoms with E-state index in [1.165, 1.54) is 0 Å². The summed E-state index contributed by atoms with van der Waals surface area (Å²) in [4.78, 5) is 0. The average molecular weight is 216 g/mol. The second kappa shape index (κ2) is 4.23. The Morgan fingerprint density at radius 1 is 0.875 bits per heavy atom. The van der Waals surface area contributed by atoms with Gasteiger partial charge in [-0.3, -0.25) is 0 Å². The van der Waals surface area contributed by atoms with Crippen LogP contribution >= 0.6 is 0 Å². The van der Waals surface area contributed by atoms with Crippen molar-refractivity contribution in [1.82, 2.24) is 0 Å². The van der Waals surface area contributed by atoms with Gasteiger partial charge < -0.3 is 11.5 Å². The molecule has 0 radical (unpaired) electrons. The van der Waals surface area contributed by atoms with Crippen molar-refractivity contribution in [2.75, 3.05) is 11.5 Å². The first kappa shape index (κ1) is 10.5. The number of nitrogen functional groups attached to an aromatic ring is 2. The zero-order valence-corrected chi connectivity index (χ0v) is 8.78. The van der Waals surface area contributed by atoms with Crippen molar-refractivity contribution in [3.05, 3.63) is 48.0 Å². The van der Waals surface area contributed by atoms with Crippen molar-refractivity contribution in [2.45, 2.75) is 6.67 Å². The molecule has 0 unspecified atom stereocenters. The smallest absolute Gasteiger partial charge is 0.115 e. The molecule has 2 aromatic carbocycles. The number of halogens is 1. The first-order valence-electron chi connectivity index (χ1n) is 5.01. The van der Waals surface area contributed by atoms with Gasteiger partial charge in [0.1, 0.15) is 6.67 Å². The molecule has 0 aliphatic rings. The molecule has 0 aliphatic carbocycles. The molecule has 2 aromatic rings. The zero-order valence-electron chi connectivity index (χ0n) is 8.78. The molecule has 2 nitrogen and oxygen atoms in total. The molecular weight excluding hydrogens is 203 g/mol. The molecule has 3 heteroatoms. The zero-order chi connectivity index (χ0) is 11.5. The molecule has 0 saturated carbocycles. The van der Waals surface area contributed by atoms with Crippen LogP contribution in [0.15, 0.2) is 42.5 Å². The Kier molecular flexibility index (Phi) is 2.77. The monoisotopic (exact) mass is 216 g/mol. The number of rotatable bonds is 2. The molecule has 0 bridgehead atoms. The number of benzene rings is 2. The summed E-state index contributed by atoms with van der Waals surface area (Å²) >= 11 is 0. The molecule has 0 saturated heterocycles. The molecule has 0 amide bonds. The number of anilines is 2. The summed E-state index contributed by atoms with van der Waals surface area (Å²) < 4.78 is 12.9. The summed E-state index contributed by atoms with van der Waals surface area (Å²) in [5.74, 6) is 0. The van der Waals surface area contributed by atoms with E-state index in [-0.39, 0.29) is 0 Å². The molecule has 0 aliphatic heterocycles. The van der Waals surface area contributed by atoms with Gasteiger partial charge in [0.25, 0.3) is 0 Å². The van der Waals surface area contributed by atoms with E-state index in [0.29, 0.717) is 16.9 Å². The summed E-state index contributed by atoms with van der Waals surface area (Å²) in [6.45, 7) is -0.523. The molecule has 0 atom stereocenters. The van der Waals surface area contributed by atoms with E-state index in [0.717, 1.165) is 11.1 Å². The minimum atomic E-state index is -0.523. The van der Waals surface area contributed by atoms with Crippen LogP contribution in [0.3, 0.4) is 0 Å². The Morgan fingerprint density at radius 2 is 1.50 bits per heavy atom. The fourth-order valence-corrected chi connectivity index (χ4v) is 1.67. The summed E-state index contributed by atoms with van der Waals surface area (Å²) in [7, 11) is 0. The molecule has 0 heterocycles. The SMILES string of the molecule is Nc1ccc(-c2ccc(N)cc2CF)cc1. The lowest BCUT2D eigenvalue weighted by molar-refractivity contribution is 0.486. The van der Waals surface area contributed by atoms with Crippen LogP contribution in [0.4, 0.5) is 15.8 Å². The number of hydrogen-bond acceptors (Lipinski definition) is 2. The number of hydrogen-bond donors (Lipinski definition) is 2. The van der Waals surface area contributed by atoms with Gasteiger partial charge in [0, 0.05) is 11.4 Å². The molecule has 82 valence electrons. The highest BCUT2D eigenvalue weighted by atomic mass is 19.1. The topological polar surface area (TPSA) is 52.0 Å². The van der Waals surface area contributed by atoms with Crippen LogP contribution in [0.1, 0.15) is 5.56 Å². The highest BCUT2D eigenvalue weighted by Gasteiger charge is 2.05. The van der Waals surface area contributed by atoms with Gasteiger partial charge in [-0.05, 0) is 41.0 Å². The standard InChI is InChI=1S/C13H13FN2/c14-8-10-7-12(16)5-6-13(10)9-1-3-11(15)4-2-9/h1-7H,8,15-16H2. The maximum atomic E-state index is 12.9. The van der Waals surface area contributed by atoms with Gasteiger partial charge in [-0.25, -0.2) is 4.39 Å². The molecule has 2 rings (SSSR count). The fourth-order valence-electron chi connectivity index (χ4n) is 1.67. The summed E-state index contributed by atoms with van der Waals surface area (Å²) in [5.41, 5.74) is 14.9. The lowest BCUT2D eigenvalue weighted by Crippen LogP contribution is -1.92. The Morgan fingerprint density at radius 3 is 2.12 bits per heavy atom. The third kappa shape index (κ3) is 1.98. The third-order valence-corrected chi connectivity index (χ3v) is 2.49. The highest BCUT2D eigenvalue weighted by Crippen LogP contribution is 2.27. The van der Waals surface area contributed by atoms with Crippen LogP contribution in [0.25, 0.3) is 11.1 Å². The van der Waals surface area contributed by atoms with E-state index in [9.17, 15) is 4.39 Å². The summed E-state index contributed by atoms with van der Waals surface area (Å²) in [6.07, 6.45) is 0. The van der Waals surface area contributed by atoms with Gasteiger partial charge >= 0.3 is 0 Å². The normalized spacial score (nSPS) is 10.3. The van der Waals surface area contributed by atoms with Gasteiger partial charge in [-0.2, -0.15) is 0 Å². The van der Waals surface area contributed by atoms with E-state index >= 15 is 0 Å². The quantitative estimate of drug-likeness (QED) is 0.758. The van der Waals surface area contributed by atoms with Crippen LogP contribution in [0, 0.1) is 0 Å². The second-order valence-electron chi connectivity index (χ2n) is 3.67. The van der Waals surface area contributed by atoms with Crippen LogP contribution in [-0.4, -0.2) is 0 Å². The third-order valence-electron chi connectivity index (χ3n) is 2.49. The lowest BCUT2D eigenvalue weighted by Gasteiger charge is -2.08. The van der Waals surface area contributed by atoms with Crippen LogP contribution in [-0.2, 0) is 6.67 Å². The van der Waals surface area contributed by atoms with Crippen molar-refractivity contribution in [1.29, 1.82) is 0 Å². The van der Waals surface area contributed by atoms with E-state index in [2.05, 4.69) is 0 Å². The van der Waals surface area contributed by atoms with Crippen molar-refractivity contribution in [3.8, 4) is 11.1 Å². The molecule has 16 heavy (non-hydrogen) atoms. The summed E-state index contributed by atoms with van der Waals surface area (Å²) in [5, 5.41) is 0. The van der Waals surface area contributed by atoms with Crippen LogP contribution in [0.5, 0.6) is 0 Å². The first-order valence-corrected chi connectivity index (χ1v) is 5.01. The summed E-state index contributed by atoms with van der Waals surface area (Å²) in [6, 6.07) is 12.6. The second-order valence-corrected chi connectivity index (χ2v) is 3.67. The average Bonchev–Trinajstić information content (AvgIpc) is 2.30. The molecule has 0 spiro atoms.